The van der Waals surface area contributed by atoms with E-state index in [1.165, 1.54) is 22.8 Å². The second kappa shape index (κ2) is 10.8. The number of benzene rings is 2. The van der Waals surface area contributed by atoms with E-state index in [2.05, 4.69) is 15.5 Å². The quantitative estimate of drug-likeness (QED) is 0.347. The third-order valence-corrected chi connectivity index (χ3v) is 5.51. The zero-order valence-electron chi connectivity index (χ0n) is 17.0. The number of nitrogens with one attached hydrogen (secondary N) is 1. The molecule has 2 aromatic carbocycles. The number of nitrogens with zero attached hydrogens (tertiary/aromatic N) is 3. The van der Waals surface area contributed by atoms with Crippen LogP contribution in [0.15, 0.2) is 53.7 Å². The van der Waals surface area contributed by atoms with Crippen molar-refractivity contribution in [3.8, 4) is 17.1 Å². The Morgan fingerprint density at radius 2 is 1.97 bits per heavy atom. The highest BCUT2D eigenvalue weighted by atomic mass is 35.5. The summed E-state index contributed by atoms with van der Waals surface area (Å²) in [5.74, 6) is -0.115. The number of hydrogen-bond acceptors (Lipinski definition) is 5. The lowest BCUT2D eigenvalue weighted by molar-refractivity contribution is -0.137. The van der Waals surface area contributed by atoms with Crippen molar-refractivity contribution >= 4 is 29.3 Å². The standard InChI is InChI=1S/C21H20ClF3N4O2S/c1-31-11-5-10-26-18(30)13-32-20-28-27-19(14-6-4-7-15(22)12-14)29(20)17-9-3-2-8-16(17)21(23,24)25/h2-4,6-9,12H,5,10-11,13H2,1H3,(H,26,30). The highest BCUT2D eigenvalue weighted by Gasteiger charge is 2.35. The van der Waals surface area contributed by atoms with Gasteiger partial charge in [-0.2, -0.15) is 13.2 Å². The first-order valence-corrected chi connectivity index (χ1v) is 10.9. The number of ether oxygens (including phenoxy) is 1. The van der Waals surface area contributed by atoms with Crippen LogP contribution in [0.25, 0.3) is 17.1 Å². The second-order valence-corrected chi connectivity index (χ2v) is 8.03. The summed E-state index contributed by atoms with van der Waals surface area (Å²) in [4.78, 5) is 12.1. The molecule has 0 aliphatic carbocycles. The number of rotatable bonds is 9. The summed E-state index contributed by atoms with van der Waals surface area (Å²) >= 11 is 7.07. The van der Waals surface area contributed by atoms with Crippen molar-refractivity contribution in [2.24, 2.45) is 0 Å². The third-order valence-electron chi connectivity index (χ3n) is 4.35. The maximum Gasteiger partial charge on any atom is 0.418 e. The van der Waals surface area contributed by atoms with Crippen molar-refractivity contribution in [2.45, 2.75) is 17.8 Å². The molecule has 6 nitrogen and oxygen atoms in total. The number of alkyl halides is 3. The first kappa shape index (κ1) is 24.1. The highest BCUT2D eigenvalue weighted by Crippen LogP contribution is 2.37. The molecule has 1 heterocycles. The molecule has 0 bridgehead atoms. The van der Waals surface area contributed by atoms with E-state index in [1.807, 2.05) is 0 Å². The van der Waals surface area contributed by atoms with Gasteiger partial charge in [-0.15, -0.1) is 10.2 Å². The summed E-state index contributed by atoms with van der Waals surface area (Å²) in [6.07, 6.45) is -3.94. The monoisotopic (exact) mass is 484 g/mol. The first-order chi connectivity index (χ1) is 15.3. The number of aromatic nitrogens is 3. The molecule has 32 heavy (non-hydrogen) atoms. The lowest BCUT2D eigenvalue weighted by atomic mass is 10.1. The van der Waals surface area contributed by atoms with Crippen molar-refractivity contribution in [1.82, 2.24) is 20.1 Å². The van der Waals surface area contributed by atoms with Crippen LogP contribution < -0.4 is 5.32 Å². The Hall–Kier alpha value is -2.56. The number of methoxy groups -OCH3 is 1. The van der Waals surface area contributed by atoms with E-state index in [0.29, 0.717) is 30.2 Å². The van der Waals surface area contributed by atoms with Crippen LogP contribution in [0.5, 0.6) is 0 Å². The Kier molecular flexibility index (Phi) is 8.16. The van der Waals surface area contributed by atoms with E-state index in [0.717, 1.165) is 17.8 Å². The number of thioether (sulfide) groups is 1. The molecule has 1 aromatic heterocycles. The van der Waals surface area contributed by atoms with Gasteiger partial charge in [-0.05, 0) is 30.7 Å². The first-order valence-electron chi connectivity index (χ1n) is 9.57. The molecule has 0 atom stereocenters. The molecule has 0 aliphatic rings. The maximum absolute atomic E-state index is 13.7. The summed E-state index contributed by atoms with van der Waals surface area (Å²) in [6.45, 7) is 0.948. The molecule has 0 saturated heterocycles. The molecule has 0 aliphatic heterocycles. The fraction of sp³-hybridized carbons (Fsp3) is 0.286. The van der Waals surface area contributed by atoms with Crippen molar-refractivity contribution in [3.63, 3.8) is 0 Å². The number of halogens is 4. The minimum absolute atomic E-state index is 0.0329. The van der Waals surface area contributed by atoms with Gasteiger partial charge in [0.15, 0.2) is 11.0 Å². The van der Waals surface area contributed by atoms with Crippen molar-refractivity contribution < 1.29 is 22.7 Å². The van der Waals surface area contributed by atoms with Crippen molar-refractivity contribution in [3.05, 3.63) is 59.1 Å². The summed E-state index contributed by atoms with van der Waals surface area (Å²) in [5.41, 5.74) is -0.477. The van der Waals surface area contributed by atoms with Crippen LogP contribution in [-0.4, -0.2) is 46.7 Å². The predicted molar refractivity (Wildman–Crippen MR) is 117 cm³/mol. The molecule has 0 fully saturated rings. The lowest BCUT2D eigenvalue weighted by Crippen LogP contribution is -2.27. The Morgan fingerprint density at radius 3 is 2.69 bits per heavy atom. The fourth-order valence-electron chi connectivity index (χ4n) is 2.93. The van der Waals surface area contributed by atoms with Gasteiger partial charge in [-0.25, -0.2) is 0 Å². The molecule has 3 rings (SSSR count). The van der Waals surface area contributed by atoms with Gasteiger partial charge in [0.2, 0.25) is 5.91 Å². The van der Waals surface area contributed by atoms with E-state index in [4.69, 9.17) is 16.3 Å². The van der Waals surface area contributed by atoms with Gasteiger partial charge in [-0.1, -0.05) is 47.6 Å². The van der Waals surface area contributed by atoms with Gasteiger partial charge in [-0.3, -0.25) is 9.36 Å². The highest BCUT2D eigenvalue weighted by molar-refractivity contribution is 7.99. The molecule has 0 radical (unpaired) electrons. The number of carbonyl (C=O) groups excluding carboxylic acids is 1. The molecule has 0 spiro atoms. The fourth-order valence-corrected chi connectivity index (χ4v) is 3.89. The summed E-state index contributed by atoms with van der Waals surface area (Å²) in [5, 5.41) is 11.5. The molecule has 0 saturated carbocycles. The van der Waals surface area contributed by atoms with Gasteiger partial charge >= 0.3 is 6.18 Å². The van der Waals surface area contributed by atoms with Crippen LogP contribution in [0.3, 0.4) is 0 Å². The smallest absolute Gasteiger partial charge is 0.385 e. The molecular weight excluding hydrogens is 465 g/mol. The minimum atomic E-state index is -4.59. The second-order valence-electron chi connectivity index (χ2n) is 6.65. The van der Waals surface area contributed by atoms with Gasteiger partial charge in [0.05, 0.1) is 17.0 Å². The summed E-state index contributed by atoms with van der Waals surface area (Å²) in [6, 6.07) is 11.8. The van der Waals surface area contributed by atoms with Gasteiger partial charge in [0.25, 0.3) is 0 Å². The largest absolute Gasteiger partial charge is 0.418 e. The predicted octanol–water partition coefficient (Wildman–Crippen LogP) is 4.85. The molecule has 11 heteroatoms. The Bertz CT molecular complexity index is 1080. The topological polar surface area (TPSA) is 69.0 Å². The number of hydrogen-bond donors (Lipinski definition) is 1. The number of para-hydroxylation sites is 1. The van der Waals surface area contributed by atoms with Crippen LogP contribution in [0.4, 0.5) is 13.2 Å². The number of carbonyl (C=O) groups is 1. The summed E-state index contributed by atoms with van der Waals surface area (Å²) in [7, 11) is 1.57. The number of amides is 1. The van der Waals surface area contributed by atoms with E-state index < -0.39 is 11.7 Å². The molecule has 0 unspecified atom stereocenters. The van der Waals surface area contributed by atoms with Crippen LogP contribution in [-0.2, 0) is 15.7 Å². The maximum atomic E-state index is 13.7. The minimum Gasteiger partial charge on any atom is -0.385 e. The molecule has 170 valence electrons. The molecule has 1 amide bonds. The zero-order chi connectivity index (χ0) is 23.1. The van der Waals surface area contributed by atoms with Crippen LogP contribution in [0.2, 0.25) is 5.02 Å². The SMILES string of the molecule is COCCCNC(=O)CSc1nnc(-c2cccc(Cl)c2)n1-c1ccccc1C(F)(F)F. The van der Waals surface area contributed by atoms with Crippen molar-refractivity contribution in [2.75, 3.05) is 26.0 Å². The van der Waals surface area contributed by atoms with Gasteiger partial charge in [0, 0.05) is 30.8 Å². The van der Waals surface area contributed by atoms with Crippen LogP contribution in [0.1, 0.15) is 12.0 Å². The molecule has 3 aromatic rings. The van der Waals surface area contributed by atoms with E-state index in [1.54, 1.807) is 31.4 Å². The zero-order valence-corrected chi connectivity index (χ0v) is 18.6. The normalized spacial score (nSPS) is 11.5. The molecule has 1 N–H and O–H groups in total. The summed E-state index contributed by atoms with van der Waals surface area (Å²) < 4.78 is 47.4. The lowest BCUT2D eigenvalue weighted by Gasteiger charge is -2.16. The average Bonchev–Trinajstić information content (AvgIpc) is 3.18. The Labute approximate surface area is 192 Å². The molecular formula is C21H20ClF3N4O2S. The van der Waals surface area contributed by atoms with Crippen molar-refractivity contribution in [1.29, 1.82) is 0 Å². The van der Waals surface area contributed by atoms with Crippen LogP contribution in [0, 0.1) is 0 Å². The average molecular weight is 485 g/mol. The Morgan fingerprint density at radius 1 is 1.19 bits per heavy atom. The van der Waals surface area contributed by atoms with Crippen LogP contribution >= 0.6 is 23.4 Å². The van der Waals surface area contributed by atoms with E-state index in [-0.39, 0.29) is 28.3 Å². The van der Waals surface area contributed by atoms with E-state index in [9.17, 15) is 18.0 Å². The third kappa shape index (κ3) is 6.02. The Balaban J connectivity index is 1.97. The van der Waals surface area contributed by atoms with Gasteiger partial charge in [0.1, 0.15) is 0 Å². The van der Waals surface area contributed by atoms with Gasteiger partial charge < -0.3 is 10.1 Å². The van der Waals surface area contributed by atoms with E-state index >= 15 is 0 Å².